The maximum atomic E-state index is 12.5. The fourth-order valence-electron chi connectivity index (χ4n) is 2.92. The summed E-state index contributed by atoms with van der Waals surface area (Å²) in [7, 11) is 0. The molecule has 0 saturated heterocycles. The lowest BCUT2D eigenvalue weighted by Crippen LogP contribution is -2.24. The summed E-state index contributed by atoms with van der Waals surface area (Å²) in [6.45, 7) is 8.38. The van der Waals surface area contributed by atoms with Gasteiger partial charge in [0.1, 0.15) is 17.3 Å². The Kier molecular flexibility index (Phi) is 5.50. The van der Waals surface area contributed by atoms with Crippen LogP contribution in [0.5, 0.6) is 0 Å². The van der Waals surface area contributed by atoms with Gasteiger partial charge in [-0.15, -0.1) is 0 Å². The third kappa shape index (κ3) is 5.14. The first-order valence-corrected chi connectivity index (χ1v) is 8.94. The van der Waals surface area contributed by atoms with Crippen LogP contribution in [-0.4, -0.2) is 15.9 Å². The molecule has 0 radical (unpaired) electrons. The van der Waals surface area contributed by atoms with Crippen molar-refractivity contribution in [3.8, 4) is 0 Å². The molecular weight excluding hydrogens is 336 g/mol. The van der Waals surface area contributed by atoms with E-state index in [1.807, 2.05) is 57.2 Å². The first-order chi connectivity index (χ1) is 12.9. The largest absolute Gasteiger partial charge is 0.347 e. The minimum Gasteiger partial charge on any atom is -0.347 e. The van der Waals surface area contributed by atoms with Crippen LogP contribution in [-0.2, 0) is 6.54 Å². The van der Waals surface area contributed by atoms with Crippen LogP contribution in [0.25, 0.3) is 0 Å². The van der Waals surface area contributed by atoms with Gasteiger partial charge in [0.15, 0.2) is 0 Å². The smallest absolute Gasteiger partial charge is 0.270 e. The molecule has 0 fully saturated rings. The molecule has 0 spiro atoms. The fourth-order valence-corrected chi connectivity index (χ4v) is 2.92. The van der Waals surface area contributed by atoms with Crippen molar-refractivity contribution in [2.45, 2.75) is 34.2 Å². The van der Waals surface area contributed by atoms with Gasteiger partial charge < -0.3 is 10.6 Å². The molecule has 0 aliphatic carbocycles. The number of rotatable bonds is 5. The molecule has 5 nitrogen and oxygen atoms in total. The van der Waals surface area contributed by atoms with E-state index in [0.717, 1.165) is 11.3 Å². The van der Waals surface area contributed by atoms with Crippen LogP contribution in [0.1, 0.15) is 38.6 Å². The summed E-state index contributed by atoms with van der Waals surface area (Å²) >= 11 is 0. The highest BCUT2D eigenvalue weighted by Gasteiger charge is 2.11. The number of hydrogen-bond acceptors (Lipinski definition) is 4. The standard InChI is InChI=1S/C22H24N4O/c1-14-5-7-18(8-6-14)13-23-22(27)20-12-21(25-17(4)24-20)26-19-10-15(2)9-16(3)11-19/h5-12H,13H2,1-4H3,(H,23,27)(H,24,25,26). The van der Waals surface area contributed by atoms with Crippen molar-refractivity contribution in [2.75, 3.05) is 5.32 Å². The molecule has 0 unspecified atom stereocenters. The average Bonchev–Trinajstić information content (AvgIpc) is 2.59. The third-order valence-corrected chi connectivity index (χ3v) is 4.14. The number of amides is 1. The number of carbonyl (C=O) groups excluding carboxylic acids is 1. The second-order valence-electron chi connectivity index (χ2n) is 6.86. The lowest BCUT2D eigenvalue weighted by Gasteiger charge is -2.11. The SMILES string of the molecule is Cc1ccc(CNC(=O)c2cc(Nc3cc(C)cc(C)c3)nc(C)n2)cc1. The average molecular weight is 360 g/mol. The zero-order chi connectivity index (χ0) is 19.4. The molecule has 3 aromatic rings. The second kappa shape index (κ2) is 7.99. The molecule has 1 amide bonds. The number of aryl methyl sites for hydroxylation is 4. The molecule has 1 heterocycles. The van der Waals surface area contributed by atoms with Crippen LogP contribution in [0.2, 0.25) is 0 Å². The van der Waals surface area contributed by atoms with Gasteiger partial charge in [-0.3, -0.25) is 4.79 Å². The van der Waals surface area contributed by atoms with Crippen molar-refractivity contribution in [2.24, 2.45) is 0 Å². The monoisotopic (exact) mass is 360 g/mol. The van der Waals surface area contributed by atoms with Crippen molar-refractivity contribution >= 4 is 17.4 Å². The Labute approximate surface area is 159 Å². The highest BCUT2D eigenvalue weighted by molar-refractivity contribution is 5.93. The Morgan fingerprint density at radius 3 is 2.19 bits per heavy atom. The van der Waals surface area contributed by atoms with Crippen LogP contribution < -0.4 is 10.6 Å². The summed E-state index contributed by atoms with van der Waals surface area (Å²) in [4.78, 5) is 21.2. The Morgan fingerprint density at radius 1 is 0.852 bits per heavy atom. The van der Waals surface area contributed by atoms with E-state index in [-0.39, 0.29) is 5.91 Å². The zero-order valence-electron chi connectivity index (χ0n) is 16.1. The van der Waals surface area contributed by atoms with E-state index in [4.69, 9.17) is 0 Å². The quantitative estimate of drug-likeness (QED) is 0.708. The minimum atomic E-state index is -0.218. The maximum Gasteiger partial charge on any atom is 0.270 e. The Balaban J connectivity index is 1.73. The van der Waals surface area contributed by atoms with E-state index in [2.05, 4.69) is 26.7 Å². The van der Waals surface area contributed by atoms with E-state index in [1.165, 1.54) is 16.7 Å². The van der Waals surface area contributed by atoms with Gasteiger partial charge in [0.25, 0.3) is 5.91 Å². The van der Waals surface area contributed by atoms with Crippen LogP contribution in [0.4, 0.5) is 11.5 Å². The zero-order valence-corrected chi connectivity index (χ0v) is 16.1. The van der Waals surface area contributed by atoms with Crippen LogP contribution in [0, 0.1) is 27.7 Å². The molecule has 0 saturated carbocycles. The summed E-state index contributed by atoms with van der Waals surface area (Å²) < 4.78 is 0. The van der Waals surface area contributed by atoms with Gasteiger partial charge in [-0.1, -0.05) is 35.9 Å². The lowest BCUT2D eigenvalue weighted by atomic mass is 10.1. The molecule has 0 bridgehead atoms. The van der Waals surface area contributed by atoms with Crippen LogP contribution in [0.15, 0.2) is 48.5 Å². The van der Waals surface area contributed by atoms with Crippen LogP contribution in [0.3, 0.4) is 0 Å². The van der Waals surface area contributed by atoms with Gasteiger partial charge in [0, 0.05) is 18.3 Å². The Hall–Kier alpha value is -3.21. The normalized spacial score (nSPS) is 10.5. The highest BCUT2D eigenvalue weighted by atomic mass is 16.1. The first kappa shape index (κ1) is 18.6. The van der Waals surface area contributed by atoms with Gasteiger partial charge >= 0.3 is 0 Å². The number of anilines is 2. The molecule has 27 heavy (non-hydrogen) atoms. The van der Waals surface area contributed by atoms with Crippen molar-refractivity contribution in [1.29, 1.82) is 0 Å². The summed E-state index contributed by atoms with van der Waals surface area (Å²) in [5, 5.41) is 6.18. The number of hydrogen-bond donors (Lipinski definition) is 2. The summed E-state index contributed by atoms with van der Waals surface area (Å²) in [6, 6.07) is 15.9. The van der Waals surface area contributed by atoms with Gasteiger partial charge in [-0.05, 0) is 56.5 Å². The van der Waals surface area contributed by atoms with E-state index in [9.17, 15) is 4.79 Å². The molecule has 138 valence electrons. The van der Waals surface area contributed by atoms with Gasteiger partial charge in [0.05, 0.1) is 0 Å². The lowest BCUT2D eigenvalue weighted by molar-refractivity contribution is 0.0945. The van der Waals surface area contributed by atoms with Gasteiger partial charge in [0.2, 0.25) is 0 Å². The maximum absolute atomic E-state index is 12.5. The fraction of sp³-hybridized carbons (Fsp3) is 0.227. The molecule has 2 N–H and O–H groups in total. The molecular formula is C22H24N4O. The van der Waals surface area contributed by atoms with E-state index >= 15 is 0 Å². The van der Waals surface area contributed by atoms with Crippen molar-refractivity contribution in [3.05, 3.63) is 82.3 Å². The van der Waals surface area contributed by atoms with Gasteiger partial charge in [-0.25, -0.2) is 9.97 Å². The topological polar surface area (TPSA) is 66.9 Å². The summed E-state index contributed by atoms with van der Waals surface area (Å²) in [6.07, 6.45) is 0. The summed E-state index contributed by atoms with van der Waals surface area (Å²) in [5.41, 5.74) is 5.86. The molecule has 5 heteroatoms. The van der Waals surface area contributed by atoms with E-state index < -0.39 is 0 Å². The Morgan fingerprint density at radius 2 is 1.52 bits per heavy atom. The molecule has 2 aromatic carbocycles. The highest BCUT2D eigenvalue weighted by Crippen LogP contribution is 2.19. The van der Waals surface area contributed by atoms with Crippen molar-refractivity contribution in [3.63, 3.8) is 0 Å². The summed E-state index contributed by atoms with van der Waals surface area (Å²) in [5.74, 6) is 0.933. The molecule has 0 aliphatic heterocycles. The number of nitrogens with one attached hydrogen (secondary N) is 2. The number of carbonyl (C=O) groups is 1. The minimum absolute atomic E-state index is 0.218. The number of aromatic nitrogens is 2. The third-order valence-electron chi connectivity index (χ3n) is 4.14. The second-order valence-corrected chi connectivity index (χ2v) is 6.86. The predicted octanol–water partition coefficient (Wildman–Crippen LogP) is 4.38. The Bertz CT molecular complexity index is 944. The van der Waals surface area contributed by atoms with E-state index in [0.29, 0.717) is 23.9 Å². The van der Waals surface area contributed by atoms with Crippen molar-refractivity contribution in [1.82, 2.24) is 15.3 Å². The molecule has 0 atom stereocenters. The molecule has 0 aliphatic rings. The molecule has 3 rings (SSSR count). The van der Waals surface area contributed by atoms with E-state index in [1.54, 1.807) is 13.0 Å². The predicted molar refractivity (Wildman–Crippen MR) is 108 cm³/mol. The first-order valence-electron chi connectivity index (χ1n) is 8.94. The van der Waals surface area contributed by atoms with Gasteiger partial charge in [-0.2, -0.15) is 0 Å². The number of nitrogens with zero attached hydrogens (tertiary/aromatic N) is 2. The number of benzene rings is 2. The van der Waals surface area contributed by atoms with Crippen LogP contribution >= 0.6 is 0 Å². The van der Waals surface area contributed by atoms with Crippen molar-refractivity contribution < 1.29 is 4.79 Å². The molecule has 1 aromatic heterocycles.